The van der Waals surface area contributed by atoms with Crippen LogP contribution in [0.25, 0.3) is 11.1 Å². The number of carbonyl (C=O) groups excluding carboxylic acids is 1. The molecule has 0 fully saturated rings. The molecule has 4 nitrogen and oxygen atoms in total. The summed E-state index contributed by atoms with van der Waals surface area (Å²) in [5, 5.41) is 2.64. The minimum atomic E-state index is -0.538. The van der Waals surface area contributed by atoms with Gasteiger partial charge in [-0.1, -0.05) is 34.1 Å². The SMILES string of the molecule is CC(C)(C)OC(=O)Nc1cc(-c2ccccc2Br)ccn1. The number of nitrogens with zero attached hydrogens (tertiary/aromatic N) is 1. The van der Waals surface area contributed by atoms with Crippen molar-refractivity contribution in [2.24, 2.45) is 0 Å². The number of rotatable bonds is 2. The first-order valence-corrected chi connectivity index (χ1v) is 7.35. The highest BCUT2D eigenvalue weighted by Gasteiger charge is 2.16. The maximum absolute atomic E-state index is 11.8. The lowest BCUT2D eigenvalue weighted by Gasteiger charge is -2.19. The molecule has 2 rings (SSSR count). The highest BCUT2D eigenvalue weighted by molar-refractivity contribution is 9.10. The molecule has 1 amide bonds. The molecule has 2 aromatic rings. The van der Waals surface area contributed by atoms with E-state index in [1.165, 1.54) is 0 Å². The van der Waals surface area contributed by atoms with Gasteiger partial charge >= 0.3 is 6.09 Å². The number of amides is 1. The fourth-order valence-corrected chi connectivity index (χ4v) is 2.28. The van der Waals surface area contributed by atoms with E-state index in [0.29, 0.717) is 5.82 Å². The molecule has 0 unspecified atom stereocenters. The number of anilines is 1. The number of pyridine rings is 1. The van der Waals surface area contributed by atoms with Crippen LogP contribution in [0, 0.1) is 0 Å². The van der Waals surface area contributed by atoms with Crippen LogP contribution in [0.1, 0.15) is 20.8 Å². The topological polar surface area (TPSA) is 51.2 Å². The molecule has 0 atom stereocenters. The number of nitrogens with one attached hydrogen (secondary N) is 1. The Kier molecular flexibility index (Phi) is 4.63. The summed E-state index contributed by atoms with van der Waals surface area (Å²) in [6.07, 6.45) is 1.14. The van der Waals surface area contributed by atoms with Crippen LogP contribution >= 0.6 is 15.9 Å². The fourth-order valence-electron chi connectivity index (χ4n) is 1.77. The number of halogens is 1. The van der Waals surface area contributed by atoms with Gasteiger partial charge in [0.25, 0.3) is 0 Å². The van der Waals surface area contributed by atoms with Crippen molar-refractivity contribution in [3.63, 3.8) is 0 Å². The summed E-state index contributed by atoms with van der Waals surface area (Å²) in [5.74, 6) is 0.456. The standard InChI is InChI=1S/C16H17BrN2O2/c1-16(2,3)21-15(20)19-14-10-11(8-9-18-14)12-6-4-5-7-13(12)17/h4-10H,1-3H3,(H,18,19,20). The van der Waals surface area contributed by atoms with Gasteiger partial charge in [-0.05, 0) is 50.1 Å². The van der Waals surface area contributed by atoms with Crippen molar-refractivity contribution in [1.29, 1.82) is 0 Å². The number of hydrogen-bond donors (Lipinski definition) is 1. The van der Waals surface area contributed by atoms with Crippen LogP contribution in [0.4, 0.5) is 10.6 Å². The highest BCUT2D eigenvalue weighted by atomic mass is 79.9. The quantitative estimate of drug-likeness (QED) is 0.843. The van der Waals surface area contributed by atoms with E-state index >= 15 is 0 Å². The second kappa shape index (κ2) is 6.26. The van der Waals surface area contributed by atoms with Gasteiger partial charge in [-0.25, -0.2) is 9.78 Å². The zero-order valence-corrected chi connectivity index (χ0v) is 13.8. The Morgan fingerprint density at radius 2 is 1.95 bits per heavy atom. The molecule has 0 spiro atoms. The van der Waals surface area contributed by atoms with Gasteiger partial charge in [0.15, 0.2) is 0 Å². The van der Waals surface area contributed by atoms with Crippen molar-refractivity contribution in [3.8, 4) is 11.1 Å². The molecule has 0 aliphatic rings. The lowest BCUT2D eigenvalue weighted by Crippen LogP contribution is -2.27. The molecule has 0 saturated heterocycles. The molecule has 0 aliphatic carbocycles. The predicted octanol–water partition coefficient (Wildman–Crippen LogP) is 4.86. The zero-order chi connectivity index (χ0) is 15.5. The van der Waals surface area contributed by atoms with Gasteiger partial charge in [0.1, 0.15) is 11.4 Å². The average Bonchev–Trinajstić information content (AvgIpc) is 2.37. The van der Waals surface area contributed by atoms with Crippen LogP contribution in [0.3, 0.4) is 0 Å². The monoisotopic (exact) mass is 348 g/mol. The van der Waals surface area contributed by atoms with Crippen LogP contribution in [0.2, 0.25) is 0 Å². The van der Waals surface area contributed by atoms with Crippen LogP contribution in [-0.4, -0.2) is 16.7 Å². The van der Waals surface area contributed by atoms with E-state index in [2.05, 4.69) is 26.2 Å². The van der Waals surface area contributed by atoms with Gasteiger partial charge in [-0.3, -0.25) is 5.32 Å². The Labute approximate surface area is 132 Å². The molecule has 21 heavy (non-hydrogen) atoms. The van der Waals surface area contributed by atoms with Crippen molar-refractivity contribution in [3.05, 3.63) is 47.1 Å². The Bertz CT molecular complexity index is 651. The maximum atomic E-state index is 11.8. The Balaban J connectivity index is 2.19. The molecule has 1 N–H and O–H groups in total. The normalized spacial score (nSPS) is 11.0. The average molecular weight is 349 g/mol. The first-order chi connectivity index (χ1) is 9.85. The van der Waals surface area contributed by atoms with Gasteiger partial charge in [0.05, 0.1) is 0 Å². The van der Waals surface area contributed by atoms with Gasteiger partial charge in [0, 0.05) is 10.7 Å². The summed E-state index contributed by atoms with van der Waals surface area (Å²) >= 11 is 3.52. The van der Waals surface area contributed by atoms with E-state index in [9.17, 15) is 4.79 Å². The van der Waals surface area contributed by atoms with Gasteiger partial charge in [-0.15, -0.1) is 0 Å². The van der Waals surface area contributed by atoms with Crippen LogP contribution in [0.15, 0.2) is 47.1 Å². The predicted molar refractivity (Wildman–Crippen MR) is 87.2 cm³/mol. The Morgan fingerprint density at radius 3 is 2.62 bits per heavy atom. The van der Waals surface area contributed by atoms with E-state index < -0.39 is 11.7 Å². The van der Waals surface area contributed by atoms with Crippen molar-refractivity contribution >= 4 is 27.8 Å². The summed E-state index contributed by atoms with van der Waals surface area (Å²) in [7, 11) is 0. The summed E-state index contributed by atoms with van der Waals surface area (Å²) in [6, 6.07) is 11.6. The number of aromatic nitrogens is 1. The first-order valence-electron chi connectivity index (χ1n) is 6.56. The van der Waals surface area contributed by atoms with E-state index in [1.54, 1.807) is 6.20 Å². The molecule has 5 heteroatoms. The number of carbonyl (C=O) groups is 1. The number of benzene rings is 1. The van der Waals surface area contributed by atoms with Crippen LogP contribution < -0.4 is 5.32 Å². The third-order valence-corrected chi connectivity index (χ3v) is 3.27. The fraction of sp³-hybridized carbons (Fsp3) is 0.250. The zero-order valence-electron chi connectivity index (χ0n) is 12.2. The molecular weight excluding hydrogens is 332 g/mol. The summed E-state index contributed by atoms with van der Waals surface area (Å²) in [6.45, 7) is 5.45. The number of ether oxygens (including phenoxy) is 1. The smallest absolute Gasteiger partial charge is 0.413 e. The van der Waals surface area contributed by atoms with Crippen molar-refractivity contribution in [1.82, 2.24) is 4.98 Å². The van der Waals surface area contributed by atoms with E-state index in [-0.39, 0.29) is 0 Å². The summed E-state index contributed by atoms with van der Waals surface area (Å²) in [4.78, 5) is 15.9. The van der Waals surface area contributed by atoms with E-state index in [0.717, 1.165) is 15.6 Å². The third-order valence-electron chi connectivity index (χ3n) is 2.57. The van der Waals surface area contributed by atoms with Crippen molar-refractivity contribution < 1.29 is 9.53 Å². The third kappa shape index (κ3) is 4.56. The highest BCUT2D eigenvalue weighted by Crippen LogP contribution is 2.28. The summed E-state index contributed by atoms with van der Waals surface area (Å²) in [5.41, 5.74) is 1.46. The number of hydrogen-bond acceptors (Lipinski definition) is 3. The molecule has 0 radical (unpaired) electrons. The maximum Gasteiger partial charge on any atom is 0.413 e. The molecule has 1 aromatic heterocycles. The second-order valence-corrected chi connectivity index (χ2v) is 6.39. The molecule has 110 valence electrons. The van der Waals surface area contributed by atoms with E-state index in [1.807, 2.05) is 57.2 Å². The van der Waals surface area contributed by atoms with Crippen molar-refractivity contribution in [2.45, 2.75) is 26.4 Å². The second-order valence-electron chi connectivity index (χ2n) is 5.54. The minimum absolute atomic E-state index is 0.456. The minimum Gasteiger partial charge on any atom is -0.444 e. The molecule has 0 saturated carbocycles. The molecule has 0 aliphatic heterocycles. The molecule has 1 heterocycles. The molecule has 0 bridgehead atoms. The Morgan fingerprint density at radius 1 is 1.24 bits per heavy atom. The van der Waals surface area contributed by atoms with Crippen molar-refractivity contribution in [2.75, 3.05) is 5.32 Å². The van der Waals surface area contributed by atoms with Gasteiger partial charge in [0.2, 0.25) is 0 Å². The molecular formula is C16H17BrN2O2. The first kappa shape index (κ1) is 15.5. The largest absolute Gasteiger partial charge is 0.444 e. The van der Waals surface area contributed by atoms with Crippen LogP contribution in [-0.2, 0) is 4.74 Å². The Hall–Kier alpha value is -1.88. The molecule has 1 aromatic carbocycles. The van der Waals surface area contributed by atoms with Gasteiger partial charge < -0.3 is 4.74 Å². The van der Waals surface area contributed by atoms with Crippen LogP contribution in [0.5, 0.6) is 0 Å². The summed E-state index contributed by atoms with van der Waals surface area (Å²) < 4.78 is 6.20. The van der Waals surface area contributed by atoms with E-state index in [4.69, 9.17) is 4.74 Å². The lowest BCUT2D eigenvalue weighted by molar-refractivity contribution is 0.0635. The van der Waals surface area contributed by atoms with Gasteiger partial charge in [-0.2, -0.15) is 0 Å². The lowest BCUT2D eigenvalue weighted by atomic mass is 10.1.